The summed E-state index contributed by atoms with van der Waals surface area (Å²) in [4.78, 5) is 43.8. The van der Waals surface area contributed by atoms with Gasteiger partial charge < -0.3 is 9.80 Å². The average Bonchev–Trinajstić information content (AvgIpc) is 3.13. The maximum Gasteiger partial charge on any atom is 0.327 e. The lowest BCUT2D eigenvalue weighted by molar-refractivity contribution is -0.131. The van der Waals surface area contributed by atoms with Gasteiger partial charge in [0.15, 0.2) is 0 Å². The van der Waals surface area contributed by atoms with Crippen molar-refractivity contribution in [1.82, 2.24) is 14.7 Å². The third-order valence-electron chi connectivity index (χ3n) is 5.52. The Morgan fingerprint density at radius 3 is 2.54 bits per heavy atom. The van der Waals surface area contributed by atoms with Gasteiger partial charge in [0.25, 0.3) is 5.91 Å². The standard InChI is InChI=1S/C18H21FN4O3/c1-2-21-17(25)15-11-20(9-10-23(15)18(21)26)14-7-8-22(16(14)24)13-6-4-3-5-12(13)19/h3-6,14-15H,2,7-11H2,1H3/t14-,15+/m1/s1. The van der Waals surface area contributed by atoms with Gasteiger partial charge in [-0.25, -0.2) is 9.18 Å². The summed E-state index contributed by atoms with van der Waals surface area (Å²) in [6.07, 6.45) is 0.583. The summed E-state index contributed by atoms with van der Waals surface area (Å²) in [5.41, 5.74) is 0.294. The number of amides is 4. The fraction of sp³-hybridized carbons (Fsp3) is 0.500. The van der Waals surface area contributed by atoms with Gasteiger partial charge in [-0.05, 0) is 25.5 Å². The molecule has 1 aromatic rings. The third kappa shape index (κ3) is 2.47. The van der Waals surface area contributed by atoms with Gasteiger partial charge in [-0.2, -0.15) is 0 Å². The highest BCUT2D eigenvalue weighted by molar-refractivity contribution is 6.04. The number of rotatable bonds is 3. The zero-order valence-electron chi connectivity index (χ0n) is 14.6. The molecule has 138 valence electrons. The molecule has 0 aliphatic carbocycles. The van der Waals surface area contributed by atoms with Crippen LogP contribution in [0.3, 0.4) is 0 Å². The summed E-state index contributed by atoms with van der Waals surface area (Å²) in [5.74, 6) is -0.757. The number of piperazine rings is 1. The molecule has 3 aliphatic rings. The number of para-hydroxylation sites is 1. The minimum absolute atomic E-state index is 0.146. The van der Waals surface area contributed by atoms with Crippen molar-refractivity contribution in [3.05, 3.63) is 30.1 Å². The summed E-state index contributed by atoms with van der Waals surface area (Å²) < 4.78 is 14.0. The number of benzene rings is 1. The van der Waals surface area contributed by atoms with Crippen LogP contribution in [0.1, 0.15) is 13.3 Å². The average molecular weight is 360 g/mol. The molecule has 3 fully saturated rings. The van der Waals surface area contributed by atoms with E-state index in [-0.39, 0.29) is 23.9 Å². The molecule has 7 nitrogen and oxygen atoms in total. The second-order valence-corrected chi connectivity index (χ2v) is 6.81. The first-order chi connectivity index (χ1) is 12.5. The smallest absolute Gasteiger partial charge is 0.310 e. The molecule has 2 atom stereocenters. The predicted octanol–water partition coefficient (Wildman–Crippen LogP) is 0.899. The van der Waals surface area contributed by atoms with E-state index in [2.05, 4.69) is 0 Å². The highest BCUT2D eigenvalue weighted by Gasteiger charge is 2.49. The van der Waals surface area contributed by atoms with Crippen LogP contribution in [0, 0.1) is 5.82 Å². The number of nitrogens with zero attached hydrogens (tertiary/aromatic N) is 4. The van der Waals surface area contributed by atoms with Crippen LogP contribution in [0.5, 0.6) is 0 Å². The Morgan fingerprint density at radius 1 is 1.04 bits per heavy atom. The predicted molar refractivity (Wildman–Crippen MR) is 92.0 cm³/mol. The zero-order valence-corrected chi connectivity index (χ0v) is 14.6. The molecule has 1 aromatic carbocycles. The summed E-state index contributed by atoms with van der Waals surface area (Å²) in [7, 11) is 0. The number of carbonyl (C=O) groups excluding carboxylic acids is 3. The fourth-order valence-electron chi connectivity index (χ4n) is 4.16. The second-order valence-electron chi connectivity index (χ2n) is 6.81. The maximum absolute atomic E-state index is 14.0. The van der Waals surface area contributed by atoms with E-state index in [1.807, 2.05) is 4.90 Å². The van der Waals surface area contributed by atoms with Crippen LogP contribution < -0.4 is 4.90 Å². The largest absolute Gasteiger partial charge is 0.327 e. The van der Waals surface area contributed by atoms with Crippen molar-refractivity contribution in [2.24, 2.45) is 0 Å². The lowest BCUT2D eigenvalue weighted by Gasteiger charge is -2.37. The van der Waals surface area contributed by atoms with Crippen LogP contribution in [0.25, 0.3) is 0 Å². The van der Waals surface area contributed by atoms with Gasteiger partial charge in [-0.15, -0.1) is 0 Å². The molecule has 0 saturated carbocycles. The van der Waals surface area contributed by atoms with Gasteiger partial charge in [-0.3, -0.25) is 19.4 Å². The topological polar surface area (TPSA) is 64.2 Å². The molecule has 4 amide bonds. The molecule has 8 heteroatoms. The molecule has 0 spiro atoms. The lowest BCUT2D eigenvalue weighted by atomic mass is 10.1. The Morgan fingerprint density at radius 2 is 1.81 bits per heavy atom. The molecule has 3 heterocycles. The number of hydrogen-bond acceptors (Lipinski definition) is 4. The van der Waals surface area contributed by atoms with Gasteiger partial charge in [0.05, 0.1) is 11.7 Å². The number of hydrogen-bond donors (Lipinski definition) is 0. The van der Waals surface area contributed by atoms with Gasteiger partial charge >= 0.3 is 6.03 Å². The highest BCUT2D eigenvalue weighted by atomic mass is 19.1. The first kappa shape index (κ1) is 17.0. The van der Waals surface area contributed by atoms with E-state index in [0.29, 0.717) is 44.8 Å². The zero-order chi connectivity index (χ0) is 18.4. The third-order valence-corrected chi connectivity index (χ3v) is 5.52. The molecule has 0 bridgehead atoms. The lowest BCUT2D eigenvalue weighted by Crippen LogP contribution is -2.57. The molecule has 3 aliphatic heterocycles. The van der Waals surface area contributed by atoms with Crippen LogP contribution >= 0.6 is 0 Å². The number of imide groups is 1. The molecule has 0 radical (unpaired) electrons. The van der Waals surface area contributed by atoms with Gasteiger partial charge in [0.1, 0.15) is 11.9 Å². The summed E-state index contributed by atoms with van der Waals surface area (Å²) in [5, 5.41) is 0. The van der Waals surface area contributed by atoms with Crippen LogP contribution in [0.15, 0.2) is 24.3 Å². The molecule has 26 heavy (non-hydrogen) atoms. The van der Waals surface area contributed by atoms with Gasteiger partial charge in [0, 0.05) is 32.7 Å². The Kier molecular flexibility index (Phi) is 4.14. The molecule has 0 unspecified atom stereocenters. The number of urea groups is 1. The van der Waals surface area contributed by atoms with Crippen molar-refractivity contribution < 1.29 is 18.8 Å². The van der Waals surface area contributed by atoms with E-state index in [1.165, 1.54) is 15.9 Å². The first-order valence-corrected chi connectivity index (χ1v) is 8.95. The van der Waals surface area contributed by atoms with Crippen LogP contribution in [0.2, 0.25) is 0 Å². The Hall–Kier alpha value is -2.48. The SMILES string of the molecule is CCN1C(=O)[C@@H]2CN([C@@H]3CCN(c4ccccc4F)C3=O)CCN2C1=O. The van der Waals surface area contributed by atoms with E-state index < -0.39 is 11.9 Å². The van der Waals surface area contributed by atoms with E-state index >= 15 is 0 Å². The number of likely N-dealkylation sites (N-methyl/N-ethyl adjacent to an activating group) is 1. The van der Waals surface area contributed by atoms with E-state index in [1.54, 1.807) is 30.0 Å². The van der Waals surface area contributed by atoms with Gasteiger partial charge in [-0.1, -0.05) is 12.1 Å². The monoisotopic (exact) mass is 360 g/mol. The van der Waals surface area contributed by atoms with E-state index in [4.69, 9.17) is 0 Å². The minimum Gasteiger partial charge on any atom is -0.310 e. The number of fused-ring (bicyclic) bond motifs is 1. The minimum atomic E-state index is -0.522. The molecule has 3 saturated heterocycles. The maximum atomic E-state index is 14.0. The first-order valence-electron chi connectivity index (χ1n) is 8.95. The second kappa shape index (κ2) is 6.35. The number of halogens is 1. The summed E-state index contributed by atoms with van der Waals surface area (Å²) >= 11 is 0. The fourth-order valence-corrected chi connectivity index (χ4v) is 4.16. The van der Waals surface area contributed by atoms with Crippen LogP contribution in [-0.2, 0) is 9.59 Å². The van der Waals surface area contributed by atoms with Crippen LogP contribution in [0.4, 0.5) is 14.9 Å². The van der Waals surface area contributed by atoms with E-state index in [9.17, 15) is 18.8 Å². The Balaban J connectivity index is 1.50. The number of anilines is 1. The van der Waals surface area contributed by atoms with Crippen molar-refractivity contribution in [3.8, 4) is 0 Å². The van der Waals surface area contributed by atoms with Crippen molar-refractivity contribution in [2.45, 2.75) is 25.4 Å². The Bertz CT molecular complexity index is 771. The van der Waals surface area contributed by atoms with Crippen molar-refractivity contribution >= 4 is 23.5 Å². The number of carbonyl (C=O) groups is 3. The quantitative estimate of drug-likeness (QED) is 0.752. The van der Waals surface area contributed by atoms with E-state index in [0.717, 1.165) is 0 Å². The normalized spacial score (nSPS) is 26.8. The molecule has 0 N–H and O–H groups in total. The van der Waals surface area contributed by atoms with Crippen molar-refractivity contribution in [2.75, 3.05) is 37.6 Å². The van der Waals surface area contributed by atoms with Crippen molar-refractivity contribution in [1.29, 1.82) is 0 Å². The van der Waals surface area contributed by atoms with Gasteiger partial charge in [0.2, 0.25) is 5.91 Å². The van der Waals surface area contributed by atoms with Crippen LogP contribution in [-0.4, -0.2) is 77.4 Å². The summed E-state index contributed by atoms with van der Waals surface area (Å²) in [6.45, 7) is 3.89. The summed E-state index contributed by atoms with van der Waals surface area (Å²) in [6, 6.07) is 5.11. The molecular weight excluding hydrogens is 339 g/mol. The molecular formula is C18H21FN4O3. The molecule has 4 rings (SSSR count). The highest BCUT2D eigenvalue weighted by Crippen LogP contribution is 2.29. The molecule has 0 aromatic heterocycles. The Labute approximate surface area is 150 Å². The van der Waals surface area contributed by atoms with Crippen molar-refractivity contribution in [3.63, 3.8) is 0 Å².